The van der Waals surface area contributed by atoms with Crippen molar-refractivity contribution in [2.75, 3.05) is 5.32 Å². The van der Waals surface area contributed by atoms with Crippen LogP contribution in [0.3, 0.4) is 0 Å². The molecule has 5 nitrogen and oxygen atoms in total. The summed E-state index contributed by atoms with van der Waals surface area (Å²) in [5, 5.41) is 2.79. The third-order valence-corrected chi connectivity index (χ3v) is 3.57. The number of ether oxygens (including phenoxy) is 1. The van der Waals surface area contributed by atoms with Crippen LogP contribution in [0.25, 0.3) is 0 Å². The molecule has 2 rings (SSSR count). The molecular formula is C17H17ClN2O3. The van der Waals surface area contributed by atoms with Crippen molar-refractivity contribution in [3.05, 3.63) is 58.4 Å². The molecule has 23 heavy (non-hydrogen) atoms. The van der Waals surface area contributed by atoms with Gasteiger partial charge < -0.3 is 10.1 Å². The second-order valence-corrected chi connectivity index (χ2v) is 5.55. The molecule has 0 saturated heterocycles. The summed E-state index contributed by atoms with van der Waals surface area (Å²) >= 11 is 5.83. The van der Waals surface area contributed by atoms with E-state index in [1.165, 1.54) is 19.2 Å². The Bertz CT molecular complexity index is 746. The van der Waals surface area contributed by atoms with Gasteiger partial charge in [0.05, 0.1) is 5.56 Å². The summed E-state index contributed by atoms with van der Waals surface area (Å²) in [7, 11) is 0. The van der Waals surface area contributed by atoms with Gasteiger partial charge in [-0.2, -0.15) is 0 Å². The number of aryl methyl sites for hydroxylation is 2. The van der Waals surface area contributed by atoms with E-state index in [-0.39, 0.29) is 10.7 Å². The number of aromatic nitrogens is 1. The highest BCUT2D eigenvalue weighted by Gasteiger charge is 2.21. The highest BCUT2D eigenvalue weighted by Crippen LogP contribution is 2.17. The first-order valence-corrected chi connectivity index (χ1v) is 7.46. The predicted molar refractivity (Wildman–Crippen MR) is 88.7 cm³/mol. The molecule has 0 radical (unpaired) electrons. The van der Waals surface area contributed by atoms with Gasteiger partial charge in [0.25, 0.3) is 5.91 Å². The monoisotopic (exact) mass is 332 g/mol. The van der Waals surface area contributed by atoms with Crippen molar-refractivity contribution in [1.29, 1.82) is 0 Å². The van der Waals surface area contributed by atoms with Crippen LogP contribution in [-0.4, -0.2) is 23.0 Å². The summed E-state index contributed by atoms with van der Waals surface area (Å²) in [4.78, 5) is 28.0. The Hall–Kier alpha value is -2.40. The van der Waals surface area contributed by atoms with Crippen LogP contribution in [0.2, 0.25) is 5.15 Å². The van der Waals surface area contributed by atoms with Crippen LogP contribution in [0.15, 0.2) is 36.5 Å². The maximum absolute atomic E-state index is 12.2. The maximum Gasteiger partial charge on any atom is 0.342 e. The van der Waals surface area contributed by atoms with E-state index in [2.05, 4.69) is 10.3 Å². The number of anilines is 1. The molecule has 1 atom stereocenters. The maximum atomic E-state index is 12.2. The van der Waals surface area contributed by atoms with E-state index >= 15 is 0 Å². The Labute approximate surface area is 139 Å². The van der Waals surface area contributed by atoms with E-state index in [1.807, 2.05) is 32.0 Å². The van der Waals surface area contributed by atoms with E-state index in [4.69, 9.17) is 16.3 Å². The normalized spacial score (nSPS) is 11.7. The fourth-order valence-electron chi connectivity index (χ4n) is 2.00. The number of halogens is 1. The summed E-state index contributed by atoms with van der Waals surface area (Å²) in [6.45, 7) is 5.37. The molecule has 6 heteroatoms. The standard InChI is InChI=1S/C17H17ClN2O3/c1-10-6-7-14(11(2)9-10)20-16(21)12(3)23-17(22)13-5-4-8-19-15(13)18/h4-9,12H,1-3H3,(H,20,21). The Morgan fingerprint density at radius 2 is 2.00 bits per heavy atom. The number of rotatable bonds is 4. The Kier molecular flexibility index (Phi) is 5.34. The summed E-state index contributed by atoms with van der Waals surface area (Å²) in [5.74, 6) is -1.10. The van der Waals surface area contributed by atoms with E-state index in [1.54, 1.807) is 6.07 Å². The van der Waals surface area contributed by atoms with E-state index in [0.29, 0.717) is 5.69 Å². The van der Waals surface area contributed by atoms with E-state index in [9.17, 15) is 9.59 Å². The minimum Gasteiger partial charge on any atom is -0.449 e. The van der Waals surface area contributed by atoms with Gasteiger partial charge in [-0.25, -0.2) is 9.78 Å². The van der Waals surface area contributed by atoms with E-state index in [0.717, 1.165) is 11.1 Å². The predicted octanol–water partition coefficient (Wildman–Crippen LogP) is 3.54. The first-order valence-electron chi connectivity index (χ1n) is 7.08. The molecule has 1 heterocycles. The summed E-state index contributed by atoms with van der Waals surface area (Å²) < 4.78 is 5.14. The van der Waals surface area contributed by atoms with Crippen LogP contribution in [0.1, 0.15) is 28.4 Å². The highest BCUT2D eigenvalue weighted by atomic mass is 35.5. The molecule has 0 fully saturated rings. The zero-order chi connectivity index (χ0) is 17.0. The van der Waals surface area contributed by atoms with Crippen molar-refractivity contribution < 1.29 is 14.3 Å². The quantitative estimate of drug-likeness (QED) is 0.687. The lowest BCUT2D eigenvalue weighted by atomic mass is 10.1. The van der Waals surface area contributed by atoms with Crippen molar-refractivity contribution in [2.45, 2.75) is 26.9 Å². The molecule has 0 spiro atoms. The molecule has 120 valence electrons. The topological polar surface area (TPSA) is 68.3 Å². The van der Waals surface area contributed by atoms with Crippen molar-refractivity contribution in [2.24, 2.45) is 0 Å². The largest absolute Gasteiger partial charge is 0.449 e. The third kappa shape index (κ3) is 4.29. The molecule has 0 aliphatic heterocycles. The van der Waals surface area contributed by atoms with Crippen LogP contribution in [-0.2, 0) is 9.53 Å². The molecule has 0 saturated carbocycles. The van der Waals surface area contributed by atoms with E-state index < -0.39 is 18.0 Å². The average molecular weight is 333 g/mol. The number of carbonyl (C=O) groups is 2. The number of hydrogen-bond acceptors (Lipinski definition) is 4. The minimum absolute atomic E-state index is 0.0412. The third-order valence-electron chi connectivity index (χ3n) is 3.27. The van der Waals surface area contributed by atoms with Gasteiger partial charge in [0.15, 0.2) is 6.10 Å². The van der Waals surface area contributed by atoms with Crippen LogP contribution < -0.4 is 5.32 Å². The molecule has 1 N–H and O–H groups in total. The van der Waals surface area contributed by atoms with Gasteiger partial charge in [0.1, 0.15) is 5.15 Å². The fraction of sp³-hybridized carbons (Fsp3) is 0.235. The van der Waals surface area contributed by atoms with Crippen molar-refractivity contribution in [3.8, 4) is 0 Å². The first kappa shape index (κ1) is 17.0. The van der Waals surface area contributed by atoms with Crippen molar-refractivity contribution in [1.82, 2.24) is 4.98 Å². The minimum atomic E-state index is -0.959. The molecule has 2 aromatic rings. The number of esters is 1. The number of carbonyl (C=O) groups excluding carboxylic acids is 2. The van der Waals surface area contributed by atoms with Gasteiger partial charge in [-0.3, -0.25) is 4.79 Å². The van der Waals surface area contributed by atoms with Gasteiger partial charge in [-0.1, -0.05) is 29.3 Å². The second-order valence-electron chi connectivity index (χ2n) is 5.20. The number of pyridine rings is 1. The summed E-state index contributed by atoms with van der Waals surface area (Å²) in [6, 6.07) is 8.74. The van der Waals surface area contributed by atoms with Gasteiger partial charge >= 0.3 is 5.97 Å². The van der Waals surface area contributed by atoms with Crippen LogP contribution in [0.4, 0.5) is 5.69 Å². The number of benzene rings is 1. The molecule has 0 bridgehead atoms. The molecule has 0 aliphatic rings. The molecule has 1 unspecified atom stereocenters. The highest BCUT2D eigenvalue weighted by molar-refractivity contribution is 6.32. The number of amides is 1. The number of nitrogens with one attached hydrogen (secondary N) is 1. The zero-order valence-corrected chi connectivity index (χ0v) is 13.8. The van der Waals surface area contributed by atoms with Crippen LogP contribution in [0.5, 0.6) is 0 Å². The van der Waals surface area contributed by atoms with Gasteiger partial charge in [-0.15, -0.1) is 0 Å². The smallest absolute Gasteiger partial charge is 0.342 e. The van der Waals surface area contributed by atoms with Gasteiger partial charge in [0.2, 0.25) is 0 Å². The van der Waals surface area contributed by atoms with Gasteiger partial charge in [0, 0.05) is 11.9 Å². The lowest BCUT2D eigenvalue weighted by molar-refractivity contribution is -0.123. The molecule has 0 aliphatic carbocycles. The Morgan fingerprint density at radius 3 is 2.65 bits per heavy atom. The van der Waals surface area contributed by atoms with Crippen LogP contribution >= 0.6 is 11.6 Å². The lowest BCUT2D eigenvalue weighted by Gasteiger charge is -2.15. The average Bonchev–Trinajstić information content (AvgIpc) is 2.50. The SMILES string of the molecule is Cc1ccc(NC(=O)C(C)OC(=O)c2cccnc2Cl)c(C)c1. The molecule has 1 amide bonds. The van der Waals surface area contributed by atoms with Crippen molar-refractivity contribution in [3.63, 3.8) is 0 Å². The van der Waals surface area contributed by atoms with Gasteiger partial charge in [-0.05, 0) is 44.5 Å². The zero-order valence-electron chi connectivity index (χ0n) is 13.1. The Balaban J connectivity index is 2.03. The molecule has 1 aromatic carbocycles. The Morgan fingerprint density at radius 1 is 1.26 bits per heavy atom. The van der Waals surface area contributed by atoms with Crippen LogP contribution in [0, 0.1) is 13.8 Å². The second kappa shape index (κ2) is 7.24. The number of hydrogen-bond donors (Lipinski definition) is 1. The molecular weight excluding hydrogens is 316 g/mol. The first-order chi connectivity index (χ1) is 10.9. The lowest BCUT2D eigenvalue weighted by Crippen LogP contribution is -2.30. The fourth-order valence-corrected chi connectivity index (χ4v) is 2.20. The summed E-state index contributed by atoms with van der Waals surface area (Å²) in [5.41, 5.74) is 2.85. The number of nitrogens with zero attached hydrogens (tertiary/aromatic N) is 1. The summed E-state index contributed by atoms with van der Waals surface area (Å²) in [6.07, 6.45) is 0.509. The van der Waals surface area contributed by atoms with Crippen molar-refractivity contribution >= 4 is 29.2 Å². The molecule has 1 aromatic heterocycles.